The minimum atomic E-state index is -6.13. The Hall–Kier alpha value is -8.72. The van der Waals surface area contributed by atoms with Gasteiger partial charge in [0.1, 0.15) is 17.3 Å². The Morgan fingerprint density at radius 3 is 0.783 bits per heavy atom. The molecule has 1 fully saturated rings. The predicted octanol–water partition coefficient (Wildman–Crippen LogP) is 23.8. The van der Waals surface area contributed by atoms with Crippen LogP contribution in [0, 0.1) is 25.7 Å². The molecule has 2 heterocycles. The molecule has 0 saturated heterocycles. The van der Waals surface area contributed by atoms with Crippen molar-refractivity contribution in [2.24, 2.45) is 0 Å². The third kappa shape index (κ3) is 18.6. The minimum Gasteiger partial charge on any atom is -0.408 e. The van der Waals surface area contributed by atoms with Crippen molar-refractivity contribution in [3.63, 3.8) is 0 Å². The SMILES string of the molecule is CN(C)p1oc2ccc3ccccc3c2c2c(ccc3ccccc32)o1.FC(F)(F)c1cc([B-](c2cc(C(F)(F)F)cc(C(F)(F)F)c2)(c2cc(C(F)(F)F)cc(C(F)(F)F)c2)c2cc(C(F)(F)F)cc(C(F)(F)F)c2)cc(C(F)(F)F)c1.[CH]1[CH]CC[CH][CH]CC1.[Ir].c1ccc2nc3ccccc3cc2c1. The van der Waals surface area contributed by atoms with Gasteiger partial charge in [-0.1, -0.05) is 146 Å². The predicted molar refractivity (Wildman–Crippen MR) is 356 cm³/mol. The van der Waals surface area contributed by atoms with Crippen LogP contribution in [0.2, 0.25) is 0 Å². The molecule has 0 spiro atoms. The fraction of sp³-hybridized carbons (Fsp3) is 0.187. The summed E-state index contributed by atoms with van der Waals surface area (Å²) >= 11 is 0. The van der Waals surface area contributed by atoms with Gasteiger partial charge in [-0.15, -0.1) is 0 Å². The van der Waals surface area contributed by atoms with Gasteiger partial charge in [0.25, 0.3) is 0 Å². The van der Waals surface area contributed by atoms with Gasteiger partial charge in [0.15, 0.2) is 0 Å². The van der Waals surface area contributed by atoms with E-state index in [1.165, 1.54) is 58.0 Å². The Morgan fingerprint density at radius 1 is 0.302 bits per heavy atom. The van der Waals surface area contributed by atoms with E-state index in [2.05, 4.69) is 122 Å². The summed E-state index contributed by atoms with van der Waals surface area (Å²) in [5.41, 5.74) is -26.3. The van der Waals surface area contributed by atoms with Crippen molar-refractivity contribution in [2.75, 3.05) is 18.8 Å². The van der Waals surface area contributed by atoms with E-state index in [4.69, 9.17) is 8.39 Å². The molecular formula is C75H51BF24IrN2O2P-. The molecule has 5 radical (unpaired) electrons. The standard InChI is InChI=1S/C32H12BF24.C22H18NO2P.C13H9N.C8H12.Ir/c34-25(35,36)13-1-14(26(37,38)39)6-21(5-13)33(22-7-15(27(40,41)42)2-16(8-22)28(43,44)45,23-9-17(29(46,47)48)3-18(10-23)30(49,50)51)24-11-19(31(52,53)54)4-20(12-24)32(55,56)57;1-23(2)26-24-19-13-11-15-7-3-5-9-17(15)21(19)22-18-10-6-4-8-16(18)12-14-20(22)25-26;1-3-7-12-10(5-1)9-11-6-2-4-8-13(11)14-12;1-2-4-6-8-7-5-3-1;/h1-12H;3-14H,1-2H3;1-9H;1-2,7-8H,3-6H2;/q-1;;;;. The van der Waals surface area contributed by atoms with E-state index in [9.17, 15) is 105 Å². The molecule has 4 nitrogen and oxygen atoms in total. The Balaban J connectivity index is 0.000000211. The summed E-state index contributed by atoms with van der Waals surface area (Å²) in [5, 5.41) is 9.39. The second-order valence-electron chi connectivity index (χ2n) is 24.3. The number of alkyl halides is 24. The molecule has 12 aromatic rings. The molecule has 0 atom stereocenters. The third-order valence-corrected chi connectivity index (χ3v) is 18.3. The normalized spacial score (nSPS) is 13.8. The van der Waals surface area contributed by atoms with E-state index in [1.807, 2.05) is 55.2 Å². The van der Waals surface area contributed by atoms with Gasteiger partial charge in [-0.3, -0.25) is 0 Å². The summed E-state index contributed by atoms with van der Waals surface area (Å²) < 4.78 is 355. The third-order valence-electron chi connectivity index (χ3n) is 16.9. The van der Waals surface area contributed by atoms with E-state index < -0.39 is 203 Å². The van der Waals surface area contributed by atoms with Crippen molar-refractivity contribution >= 4 is 101 Å². The van der Waals surface area contributed by atoms with Gasteiger partial charge in [0.05, 0.1) is 55.5 Å². The number of hydrogen-bond acceptors (Lipinski definition) is 4. The molecule has 1 aliphatic rings. The molecule has 1 aliphatic carbocycles. The van der Waals surface area contributed by atoms with Crippen LogP contribution in [-0.2, 0) is 69.5 Å². The number of nitrogens with zero attached hydrogens (tertiary/aromatic N) is 2. The average Bonchev–Trinajstić information content (AvgIpc) is 0.773. The number of halogens is 24. The second kappa shape index (κ2) is 31.2. The van der Waals surface area contributed by atoms with Crippen molar-refractivity contribution in [1.82, 2.24) is 4.98 Å². The molecular weight excluding hydrogens is 1650 g/mol. The minimum absolute atomic E-state index is 0. The van der Waals surface area contributed by atoms with Crippen molar-refractivity contribution in [3.8, 4) is 0 Å². The van der Waals surface area contributed by atoms with E-state index in [1.54, 1.807) is 0 Å². The molecule has 1 saturated carbocycles. The summed E-state index contributed by atoms with van der Waals surface area (Å²) in [6.07, 6.45) is -40.8. The summed E-state index contributed by atoms with van der Waals surface area (Å²) in [6, 6.07) is 35.0. The Bertz CT molecular complexity index is 4510. The van der Waals surface area contributed by atoms with Crippen LogP contribution in [0.5, 0.6) is 0 Å². The van der Waals surface area contributed by atoms with Gasteiger partial charge in [-0.05, 0) is 128 Å². The summed E-state index contributed by atoms with van der Waals surface area (Å²) in [5.74, 6) is 0. The maximum Gasteiger partial charge on any atom is 0.416 e. The van der Waals surface area contributed by atoms with Crippen LogP contribution < -0.4 is 26.5 Å². The van der Waals surface area contributed by atoms with Crippen molar-refractivity contribution in [1.29, 1.82) is 0 Å². The maximum absolute atomic E-state index is 14.2. The Morgan fingerprint density at radius 2 is 0.538 bits per heavy atom. The van der Waals surface area contributed by atoms with Crippen LogP contribution in [0.25, 0.3) is 65.3 Å². The van der Waals surface area contributed by atoms with Gasteiger partial charge < -0.3 is 8.39 Å². The van der Waals surface area contributed by atoms with Gasteiger partial charge in [0.2, 0.25) is 0 Å². The molecule has 0 unspecified atom stereocenters. The quantitative estimate of drug-likeness (QED) is 0.0978. The van der Waals surface area contributed by atoms with Crippen LogP contribution in [0.4, 0.5) is 105 Å². The molecule has 559 valence electrons. The van der Waals surface area contributed by atoms with Crippen molar-refractivity contribution in [3.05, 3.63) is 270 Å². The van der Waals surface area contributed by atoms with Crippen LogP contribution in [0.3, 0.4) is 0 Å². The fourth-order valence-corrected chi connectivity index (χ4v) is 13.2. The van der Waals surface area contributed by atoms with E-state index in [-0.39, 0.29) is 20.1 Å². The number of para-hydroxylation sites is 2. The van der Waals surface area contributed by atoms with Crippen molar-refractivity contribution in [2.45, 2.75) is 75.1 Å². The van der Waals surface area contributed by atoms with Crippen LogP contribution >= 0.6 is 8.16 Å². The zero-order valence-electron chi connectivity index (χ0n) is 54.3. The summed E-state index contributed by atoms with van der Waals surface area (Å²) in [6.45, 7) is 0. The smallest absolute Gasteiger partial charge is 0.408 e. The summed E-state index contributed by atoms with van der Waals surface area (Å²) in [7, 11) is 2.76. The number of fused-ring (bicyclic) bond motifs is 9. The number of aromatic nitrogens is 1. The monoisotopic (exact) mass is 1700 g/mol. The molecule has 13 rings (SSSR count). The summed E-state index contributed by atoms with van der Waals surface area (Å²) in [4.78, 5) is 4.58. The topological polar surface area (TPSA) is 42.4 Å². The number of pyridine rings is 1. The molecule has 0 bridgehead atoms. The van der Waals surface area contributed by atoms with E-state index in [0.29, 0.717) is 0 Å². The van der Waals surface area contributed by atoms with Gasteiger partial charge in [-0.2, -0.15) is 127 Å². The molecule has 2 aromatic heterocycles. The zero-order valence-corrected chi connectivity index (χ0v) is 57.6. The molecule has 106 heavy (non-hydrogen) atoms. The maximum atomic E-state index is 14.2. The average molecular weight is 1700 g/mol. The van der Waals surface area contributed by atoms with Gasteiger partial charge in [-0.25, -0.2) is 9.65 Å². The first kappa shape index (κ1) is 81.4. The molecule has 0 N–H and O–H groups in total. The van der Waals surface area contributed by atoms with Gasteiger partial charge in [0, 0.05) is 55.7 Å². The Kier molecular flexibility index (Phi) is 24.0. The number of benzene rings is 10. The largest absolute Gasteiger partial charge is 0.416 e. The zero-order chi connectivity index (χ0) is 76.6. The Labute approximate surface area is 601 Å². The second-order valence-corrected chi connectivity index (χ2v) is 25.9. The van der Waals surface area contributed by atoms with Gasteiger partial charge >= 0.3 is 57.6 Å². The van der Waals surface area contributed by atoms with E-state index >= 15 is 0 Å². The van der Waals surface area contributed by atoms with E-state index in [0.717, 1.165) is 33.0 Å². The first-order valence-corrected chi connectivity index (χ1v) is 32.3. The van der Waals surface area contributed by atoms with Crippen LogP contribution in [0.15, 0.2) is 209 Å². The molecule has 10 aromatic carbocycles. The number of rotatable bonds is 5. The molecule has 0 amide bonds. The van der Waals surface area contributed by atoms with Crippen molar-refractivity contribution < 1.29 is 134 Å². The van der Waals surface area contributed by atoms with Crippen LogP contribution in [-0.4, -0.2) is 25.2 Å². The number of hydrogen-bond donors (Lipinski definition) is 0. The molecule has 0 aliphatic heterocycles. The first-order valence-electron chi connectivity index (χ1n) is 31.2. The van der Waals surface area contributed by atoms with Crippen LogP contribution in [0.1, 0.15) is 70.2 Å². The first-order chi connectivity index (χ1) is 48.9. The fourth-order valence-electron chi connectivity index (χ4n) is 12.2. The molecule has 31 heteroatoms.